The van der Waals surface area contributed by atoms with Crippen LogP contribution in [0, 0.1) is 13.8 Å². The van der Waals surface area contributed by atoms with Gasteiger partial charge in [-0.15, -0.1) is 11.3 Å². The number of anilines is 1. The quantitative estimate of drug-likeness (QED) is 0.741. The Morgan fingerprint density at radius 3 is 2.83 bits per heavy atom. The fourth-order valence-electron chi connectivity index (χ4n) is 2.64. The molecule has 0 saturated heterocycles. The smallest absolute Gasteiger partial charge is 0.319 e. The molecule has 6 nitrogen and oxygen atoms in total. The molecule has 0 aliphatic heterocycles. The number of rotatable bonds is 4. The Balaban J connectivity index is 1.68. The number of thiazole rings is 1. The summed E-state index contributed by atoms with van der Waals surface area (Å²) < 4.78 is 5.15. The molecule has 2 heterocycles. The number of carbonyl (C=O) groups excluding carboxylic acids is 1. The first kappa shape index (κ1) is 16.2. The van der Waals surface area contributed by atoms with Crippen molar-refractivity contribution in [1.29, 1.82) is 0 Å². The summed E-state index contributed by atoms with van der Waals surface area (Å²) in [6.07, 6.45) is 1.76. The maximum atomic E-state index is 12.3. The lowest BCUT2D eigenvalue weighted by molar-refractivity contribution is 0.249. The van der Waals surface area contributed by atoms with Gasteiger partial charge < -0.3 is 15.2 Å². The fourth-order valence-corrected chi connectivity index (χ4v) is 3.28. The minimum Gasteiger partial charge on any atom is -0.361 e. The fraction of sp³-hybridized carbons (Fsp3) is 0.235. The Morgan fingerprint density at radius 2 is 2.17 bits per heavy atom. The second-order valence-electron chi connectivity index (χ2n) is 5.48. The van der Waals surface area contributed by atoms with Crippen molar-refractivity contribution >= 4 is 23.1 Å². The molecule has 3 rings (SSSR count). The van der Waals surface area contributed by atoms with Crippen molar-refractivity contribution in [3.63, 3.8) is 0 Å². The van der Waals surface area contributed by atoms with Crippen LogP contribution in [0.1, 0.15) is 30.0 Å². The molecule has 0 saturated carbocycles. The van der Waals surface area contributed by atoms with Crippen LogP contribution in [0.4, 0.5) is 10.5 Å². The van der Waals surface area contributed by atoms with E-state index in [0.717, 1.165) is 21.8 Å². The Kier molecular flexibility index (Phi) is 4.61. The van der Waals surface area contributed by atoms with Gasteiger partial charge in [0.15, 0.2) is 0 Å². The maximum Gasteiger partial charge on any atom is 0.319 e. The number of benzene rings is 1. The molecule has 7 heteroatoms. The predicted octanol–water partition coefficient (Wildman–Crippen LogP) is 4.30. The van der Waals surface area contributed by atoms with Gasteiger partial charge in [0, 0.05) is 28.4 Å². The van der Waals surface area contributed by atoms with Crippen molar-refractivity contribution in [3.05, 3.63) is 52.9 Å². The van der Waals surface area contributed by atoms with Crippen LogP contribution in [0.2, 0.25) is 0 Å². The third-order valence-corrected chi connectivity index (χ3v) is 4.49. The van der Waals surface area contributed by atoms with E-state index in [4.69, 9.17) is 4.52 Å². The summed E-state index contributed by atoms with van der Waals surface area (Å²) >= 11 is 1.56. The first-order valence-corrected chi connectivity index (χ1v) is 8.43. The number of nitrogens with zero attached hydrogens (tertiary/aromatic N) is 2. The van der Waals surface area contributed by atoms with E-state index in [9.17, 15) is 4.79 Å². The lowest BCUT2D eigenvalue weighted by atomic mass is 10.1. The second kappa shape index (κ2) is 6.84. The molecule has 0 spiro atoms. The molecular formula is C17H18N4O2S. The van der Waals surface area contributed by atoms with Crippen molar-refractivity contribution in [2.75, 3.05) is 5.32 Å². The van der Waals surface area contributed by atoms with Gasteiger partial charge in [-0.3, -0.25) is 0 Å². The zero-order chi connectivity index (χ0) is 17.1. The minimum atomic E-state index is -0.279. The number of hydrogen-bond acceptors (Lipinski definition) is 5. The van der Waals surface area contributed by atoms with Crippen molar-refractivity contribution in [3.8, 4) is 10.6 Å². The van der Waals surface area contributed by atoms with Crippen LogP contribution in [0.15, 0.2) is 40.4 Å². The molecule has 124 valence electrons. The number of carbonyl (C=O) groups is 1. The van der Waals surface area contributed by atoms with Crippen LogP contribution in [0.25, 0.3) is 10.6 Å². The summed E-state index contributed by atoms with van der Waals surface area (Å²) in [7, 11) is 0. The molecule has 0 unspecified atom stereocenters. The number of aryl methyl sites for hydroxylation is 2. The first-order chi connectivity index (χ1) is 11.5. The van der Waals surface area contributed by atoms with Gasteiger partial charge in [-0.2, -0.15) is 0 Å². The standard InChI is InChI=1S/C17H18N4O2S/c1-10(15-11(2)21-23-12(15)3)19-17(22)20-14-6-4-5-13(9-14)16-18-7-8-24-16/h4-10H,1-3H3,(H2,19,20,22)/t10-/m1/s1. The van der Waals surface area contributed by atoms with E-state index in [1.54, 1.807) is 17.5 Å². The molecular weight excluding hydrogens is 324 g/mol. The van der Waals surface area contributed by atoms with Gasteiger partial charge in [-0.25, -0.2) is 9.78 Å². The van der Waals surface area contributed by atoms with Gasteiger partial charge in [0.1, 0.15) is 10.8 Å². The minimum absolute atomic E-state index is 0.196. The summed E-state index contributed by atoms with van der Waals surface area (Å²) in [6.45, 7) is 5.60. The monoisotopic (exact) mass is 342 g/mol. The zero-order valence-electron chi connectivity index (χ0n) is 13.7. The second-order valence-corrected chi connectivity index (χ2v) is 6.37. The van der Waals surface area contributed by atoms with E-state index >= 15 is 0 Å². The molecule has 1 atom stereocenters. The molecule has 3 aromatic rings. The SMILES string of the molecule is Cc1noc(C)c1[C@@H](C)NC(=O)Nc1cccc(-c2nccs2)c1. The molecule has 0 bridgehead atoms. The Morgan fingerprint density at radius 1 is 1.33 bits per heavy atom. The lowest BCUT2D eigenvalue weighted by Gasteiger charge is -2.14. The number of hydrogen-bond donors (Lipinski definition) is 2. The molecule has 0 aliphatic rings. The zero-order valence-corrected chi connectivity index (χ0v) is 14.5. The highest BCUT2D eigenvalue weighted by molar-refractivity contribution is 7.13. The van der Waals surface area contributed by atoms with Crippen molar-refractivity contribution < 1.29 is 9.32 Å². The molecule has 2 aromatic heterocycles. The molecule has 0 aliphatic carbocycles. The molecule has 0 radical (unpaired) electrons. The summed E-state index contributed by atoms with van der Waals surface area (Å²) in [5, 5.41) is 12.5. The summed E-state index contributed by atoms with van der Waals surface area (Å²) in [6, 6.07) is 7.13. The third-order valence-electron chi connectivity index (χ3n) is 3.67. The molecule has 1 aromatic carbocycles. The molecule has 2 N–H and O–H groups in total. The van der Waals surface area contributed by atoms with Crippen LogP contribution >= 0.6 is 11.3 Å². The lowest BCUT2D eigenvalue weighted by Crippen LogP contribution is -2.31. The van der Waals surface area contributed by atoms with E-state index < -0.39 is 0 Å². The highest BCUT2D eigenvalue weighted by Crippen LogP contribution is 2.25. The van der Waals surface area contributed by atoms with Crippen LogP contribution in [0.3, 0.4) is 0 Å². The summed E-state index contributed by atoms with van der Waals surface area (Å²) in [5.74, 6) is 0.714. The summed E-state index contributed by atoms with van der Waals surface area (Å²) in [5.41, 5.74) is 3.38. The molecule has 0 fully saturated rings. The van der Waals surface area contributed by atoms with Crippen molar-refractivity contribution in [1.82, 2.24) is 15.5 Å². The van der Waals surface area contributed by atoms with Crippen LogP contribution in [0.5, 0.6) is 0 Å². The number of nitrogens with one attached hydrogen (secondary N) is 2. The number of aromatic nitrogens is 2. The molecule has 24 heavy (non-hydrogen) atoms. The van der Waals surface area contributed by atoms with Gasteiger partial charge >= 0.3 is 6.03 Å². The highest BCUT2D eigenvalue weighted by atomic mass is 32.1. The van der Waals surface area contributed by atoms with Crippen LogP contribution in [-0.2, 0) is 0 Å². The number of amides is 2. The van der Waals surface area contributed by atoms with Gasteiger partial charge in [0.2, 0.25) is 0 Å². The van der Waals surface area contributed by atoms with Gasteiger partial charge in [-0.1, -0.05) is 17.3 Å². The van der Waals surface area contributed by atoms with E-state index in [0.29, 0.717) is 11.4 Å². The van der Waals surface area contributed by atoms with E-state index in [1.807, 2.05) is 50.4 Å². The Hall–Kier alpha value is -2.67. The van der Waals surface area contributed by atoms with E-state index in [1.165, 1.54) is 0 Å². The van der Waals surface area contributed by atoms with E-state index in [2.05, 4.69) is 20.8 Å². The first-order valence-electron chi connectivity index (χ1n) is 7.55. The Labute approximate surface area is 143 Å². The Bertz CT molecular complexity index is 823. The average molecular weight is 342 g/mol. The van der Waals surface area contributed by atoms with Gasteiger partial charge in [0.25, 0.3) is 0 Å². The van der Waals surface area contributed by atoms with Crippen molar-refractivity contribution in [2.24, 2.45) is 0 Å². The van der Waals surface area contributed by atoms with Crippen molar-refractivity contribution in [2.45, 2.75) is 26.8 Å². The normalized spacial score (nSPS) is 12.0. The van der Waals surface area contributed by atoms with Gasteiger partial charge in [-0.05, 0) is 32.9 Å². The predicted molar refractivity (Wildman–Crippen MR) is 94.1 cm³/mol. The highest BCUT2D eigenvalue weighted by Gasteiger charge is 2.18. The largest absolute Gasteiger partial charge is 0.361 e. The topological polar surface area (TPSA) is 80.0 Å². The maximum absolute atomic E-state index is 12.3. The molecule has 2 amide bonds. The van der Waals surface area contributed by atoms with E-state index in [-0.39, 0.29) is 12.1 Å². The number of urea groups is 1. The van der Waals surface area contributed by atoms with Gasteiger partial charge in [0.05, 0.1) is 11.7 Å². The third kappa shape index (κ3) is 3.46. The summed E-state index contributed by atoms with van der Waals surface area (Å²) in [4.78, 5) is 16.5. The van der Waals surface area contributed by atoms with Crippen LogP contribution < -0.4 is 10.6 Å². The van der Waals surface area contributed by atoms with Crippen LogP contribution in [-0.4, -0.2) is 16.2 Å². The average Bonchev–Trinajstić information content (AvgIpc) is 3.17.